The number of hydrogen-bond acceptors (Lipinski definition) is 1. The highest BCUT2D eigenvalue weighted by atomic mass is 35.5. The lowest BCUT2D eigenvalue weighted by molar-refractivity contribution is -0.138. The molecule has 0 bridgehead atoms. The van der Waals surface area contributed by atoms with Crippen molar-refractivity contribution in [2.75, 3.05) is 0 Å². The van der Waals surface area contributed by atoms with Crippen LogP contribution in [0.3, 0.4) is 0 Å². The second-order valence-corrected chi connectivity index (χ2v) is 4.64. The Hall–Kier alpha value is -1.68. The van der Waals surface area contributed by atoms with Gasteiger partial charge in [-0.2, -0.15) is 13.2 Å². The smallest absolute Gasteiger partial charge is 0.416 e. The van der Waals surface area contributed by atoms with Gasteiger partial charge in [-0.1, -0.05) is 18.2 Å². The molecular formula is C15H12ClF3O. The molecule has 0 unspecified atom stereocenters. The van der Waals surface area contributed by atoms with Gasteiger partial charge in [0.1, 0.15) is 11.5 Å². The molecule has 106 valence electrons. The first-order valence-corrected chi connectivity index (χ1v) is 6.44. The van der Waals surface area contributed by atoms with Gasteiger partial charge in [-0.25, -0.2) is 0 Å². The number of aryl methyl sites for hydroxylation is 1. The molecule has 0 spiro atoms. The molecule has 0 N–H and O–H groups in total. The van der Waals surface area contributed by atoms with E-state index in [9.17, 15) is 13.2 Å². The lowest BCUT2D eigenvalue weighted by Crippen LogP contribution is -2.08. The summed E-state index contributed by atoms with van der Waals surface area (Å²) in [6, 6.07) is 10.9. The van der Waals surface area contributed by atoms with E-state index in [1.54, 1.807) is 18.2 Å². The van der Waals surface area contributed by atoms with Gasteiger partial charge in [0.05, 0.1) is 5.56 Å². The normalized spacial score (nSPS) is 11.4. The quantitative estimate of drug-likeness (QED) is 0.676. The highest BCUT2D eigenvalue weighted by Gasteiger charge is 2.33. The van der Waals surface area contributed by atoms with Crippen molar-refractivity contribution in [1.82, 2.24) is 0 Å². The first-order valence-electron chi connectivity index (χ1n) is 5.91. The van der Waals surface area contributed by atoms with Crippen molar-refractivity contribution in [3.05, 3.63) is 59.2 Å². The molecule has 5 heteroatoms. The summed E-state index contributed by atoms with van der Waals surface area (Å²) >= 11 is 5.53. The molecule has 0 amide bonds. The zero-order valence-electron chi connectivity index (χ0n) is 10.7. The number of rotatable bonds is 3. The van der Waals surface area contributed by atoms with Crippen LogP contribution >= 0.6 is 11.6 Å². The largest absolute Gasteiger partial charge is 0.457 e. The third-order valence-corrected chi connectivity index (χ3v) is 3.04. The molecule has 0 radical (unpaired) electrons. The van der Waals surface area contributed by atoms with Gasteiger partial charge < -0.3 is 4.74 Å². The molecule has 0 aromatic heterocycles. The van der Waals surface area contributed by atoms with Crippen molar-refractivity contribution in [3.63, 3.8) is 0 Å². The number of halogens is 4. The van der Waals surface area contributed by atoms with E-state index in [0.29, 0.717) is 5.75 Å². The van der Waals surface area contributed by atoms with E-state index in [0.717, 1.165) is 11.6 Å². The minimum atomic E-state index is -4.45. The Kier molecular flexibility index (Phi) is 4.23. The Bertz CT molecular complexity index is 608. The highest BCUT2D eigenvalue weighted by Crippen LogP contribution is 2.36. The van der Waals surface area contributed by atoms with E-state index in [1.807, 2.05) is 13.0 Å². The van der Waals surface area contributed by atoms with E-state index >= 15 is 0 Å². The molecule has 1 nitrogen and oxygen atoms in total. The SMILES string of the molecule is Cc1cccc(Oc2ccc(CCl)c(C(F)(F)F)c2)c1. The van der Waals surface area contributed by atoms with E-state index in [2.05, 4.69) is 0 Å². The van der Waals surface area contributed by atoms with Crippen LogP contribution in [-0.2, 0) is 12.1 Å². The molecule has 20 heavy (non-hydrogen) atoms. The second-order valence-electron chi connectivity index (χ2n) is 4.37. The number of ether oxygens (including phenoxy) is 1. The van der Waals surface area contributed by atoms with Gasteiger partial charge in [0.15, 0.2) is 0 Å². The lowest BCUT2D eigenvalue weighted by atomic mass is 10.1. The maximum atomic E-state index is 12.9. The third kappa shape index (κ3) is 3.45. The van der Waals surface area contributed by atoms with Crippen molar-refractivity contribution >= 4 is 11.6 Å². The summed E-state index contributed by atoms with van der Waals surface area (Å²) in [6.07, 6.45) is -4.45. The van der Waals surface area contributed by atoms with Gasteiger partial charge in [0, 0.05) is 5.88 Å². The summed E-state index contributed by atoms with van der Waals surface area (Å²) in [5, 5.41) is 0. The lowest BCUT2D eigenvalue weighted by Gasteiger charge is -2.13. The summed E-state index contributed by atoms with van der Waals surface area (Å²) in [5.74, 6) is 0.438. The average molecular weight is 301 g/mol. The van der Waals surface area contributed by atoms with E-state index in [4.69, 9.17) is 16.3 Å². The van der Waals surface area contributed by atoms with Gasteiger partial charge in [0.2, 0.25) is 0 Å². The van der Waals surface area contributed by atoms with Crippen LogP contribution in [0.5, 0.6) is 11.5 Å². The third-order valence-electron chi connectivity index (χ3n) is 2.76. The molecule has 0 fully saturated rings. The van der Waals surface area contributed by atoms with Crippen LogP contribution in [0.2, 0.25) is 0 Å². The first kappa shape index (κ1) is 14.7. The molecule has 0 aliphatic rings. The molecule has 0 saturated carbocycles. The molecule has 0 aliphatic heterocycles. The minimum absolute atomic E-state index is 0.0377. The number of alkyl halides is 4. The molecule has 2 rings (SSSR count). The van der Waals surface area contributed by atoms with Gasteiger partial charge in [0.25, 0.3) is 0 Å². The Balaban J connectivity index is 2.34. The fraction of sp³-hybridized carbons (Fsp3) is 0.200. The standard InChI is InChI=1S/C15H12ClF3O/c1-10-3-2-4-12(7-10)20-13-6-5-11(9-16)14(8-13)15(17,18)19/h2-8H,9H2,1H3. The summed E-state index contributed by atoms with van der Waals surface area (Å²) in [6.45, 7) is 1.88. The fourth-order valence-electron chi connectivity index (χ4n) is 1.81. The van der Waals surface area contributed by atoms with E-state index in [-0.39, 0.29) is 17.2 Å². The van der Waals surface area contributed by atoms with Crippen molar-refractivity contribution in [2.45, 2.75) is 19.0 Å². The molecule has 0 heterocycles. The second kappa shape index (κ2) is 5.75. The van der Waals surface area contributed by atoms with Crippen LogP contribution in [-0.4, -0.2) is 0 Å². The van der Waals surface area contributed by atoms with Crippen LogP contribution in [0.15, 0.2) is 42.5 Å². The Morgan fingerprint density at radius 3 is 2.35 bits per heavy atom. The van der Waals surface area contributed by atoms with Crippen molar-refractivity contribution in [3.8, 4) is 11.5 Å². The zero-order chi connectivity index (χ0) is 14.8. The average Bonchev–Trinajstić information content (AvgIpc) is 2.37. The summed E-state index contributed by atoms with van der Waals surface area (Å²) in [4.78, 5) is 0. The summed E-state index contributed by atoms with van der Waals surface area (Å²) in [7, 11) is 0. The topological polar surface area (TPSA) is 9.23 Å². The molecule has 2 aromatic rings. The van der Waals surface area contributed by atoms with Crippen LogP contribution in [0.4, 0.5) is 13.2 Å². The molecular weight excluding hydrogens is 289 g/mol. The monoisotopic (exact) mass is 300 g/mol. The Morgan fingerprint density at radius 2 is 1.75 bits per heavy atom. The van der Waals surface area contributed by atoms with Gasteiger partial charge >= 0.3 is 6.18 Å². The van der Waals surface area contributed by atoms with Gasteiger partial charge in [-0.3, -0.25) is 0 Å². The number of benzene rings is 2. The maximum absolute atomic E-state index is 12.9. The van der Waals surface area contributed by atoms with Crippen molar-refractivity contribution < 1.29 is 17.9 Å². The minimum Gasteiger partial charge on any atom is -0.457 e. The Labute approximate surface area is 119 Å². The zero-order valence-corrected chi connectivity index (χ0v) is 11.4. The molecule has 2 aromatic carbocycles. The van der Waals surface area contributed by atoms with E-state index < -0.39 is 11.7 Å². The van der Waals surface area contributed by atoms with E-state index in [1.165, 1.54) is 12.1 Å². The predicted molar refractivity (Wildman–Crippen MR) is 72.3 cm³/mol. The molecule has 0 atom stereocenters. The summed E-state index contributed by atoms with van der Waals surface area (Å²) < 4.78 is 44.2. The van der Waals surface area contributed by atoms with Crippen LogP contribution in [0.1, 0.15) is 16.7 Å². The Morgan fingerprint density at radius 1 is 1.05 bits per heavy atom. The van der Waals surface area contributed by atoms with Crippen molar-refractivity contribution in [2.24, 2.45) is 0 Å². The highest BCUT2D eigenvalue weighted by molar-refractivity contribution is 6.17. The van der Waals surface area contributed by atoms with Gasteiger partial charge in [-0.15, -0.1) is 11.6 Å². The van der Waals surface area contributed by atoms with Crippen LogP contribution < -0.4 is 4.74 Å². The molecule has 0 aliphatic carbocycles. The van der Waals surface area contributed by atoms with Crippen LogP contribution in [0.25, 0.3) is 0 Å². The van der Waals surface area contributed by atoms with Crippen LogP contribution in [0, 0.1) is 6.92 Å². The number of hydrogen-bond donors (Lipinski definition) is 0. The van der Waals surface area contributed by atoms with Gasteiger partial charge in [-0.05, 0) is 42.3 Å². The molecule has 0 saturated heterocycles. The van der Waals surface area contributed by atoms with Crippen molar-refractivity contribution in [1.29, 1.82) is 0 Å². The first-order chi connectivity index (χ1) is 9.40. The summed E-state index contributed by atoms with van der Waals surface area (Å²) in [5.41, 5.74) is 0.240. The fourth-order valence-corrected chi connectivity index (χ4v) is 2.05. The maximum Gasteiger partial charge on any atom is 0.416 e. The predicted octanol–water partition coefficient (Wildman–Crippen LogP) is 5.54.